The number of benzene rings is 3. The van der Waals surface area contributed by atoms with Gasteiger partial charge < -0.3 is 23.8 Å². The van der Waals surface area contributed by atoms with Crippen LogP contribution in [0.4, 0.5) is 31.1 Å². The normalized spacial score (nSPS) is 16.8. The van der Waals surface area contributed by atoms with E-state index < -0.39 is 47.2 Å². The second-order valence-electron chi connectivity index (χ2n) is 11.7. The average Bonchev–Trinajstić information content (AvgIpc) is 3.39. The van der Waals surface area contributed by atoms with Crippen LogP contribution in [0.3, 0.4) is 0 Å². The molecule has 2 heterocycles. The fourth-order valence-corrected chi connectivity index (χ4v) is 5.98. The first-order valence-corrected chi connectivity index (χ1v) is 15.2. The number of nitrogens with zero attached hydrogens (tertiary/aromatic N) is 2. The van der Waals surface area contributed by atoms with Crippen molar-refractivity contribution in [3.8, 4) is 11.5 Å². The molecule has 0 aliphatic carbocycles. The SMILES string of the molecule is COc1ccc(C(=O)N2CC3(CCN(CCCOC(c4cccc(C(F)(F)F)c4)c4cccc(C(F)(F)F)c4)CC3)OC2=O)c(OC)c1. The number of carbonyl (C=O) groups excluding carboxylic acids is 2. The van der Waals surface area contributed by atoms with Crippen LogP contribution in [0.2, 0.25) is 0 Å². The molecule has 0 saturated carbocycles. The van der Waals surface area contributed by atoms with Gasteiger partial charge in [-0.15, -0.1) is 0 Å². The maximum Gasteiger partial charge on any atom is 0.417 e. The number of likely N-dealkylation sites (tertiary alicyclic amines) is 1. The maximum atomic E-state index is 13.4. The molecule has 0 radical (unpaired) electrons. The van der Waals surface area contributed by atoms with E-state index >= 15 is 0 Å². The smallest absolute Gasteiger partial charge is 0.417 e. The summed E-state index contributed by atoms with van der Waals surface area (Å²) in [5, 5.41) is 0. The van der Waals surface area contributed by atoms with E-state index in [1.807, 2.05) is 0 Å². The van der Waals surface area contributed by atoms with Gasteiger partial charge in [0.15, 0.2) is 0 Å². The lowest BCUT2D eigenvalue weighted by atomic mass is 9.91. The Labute approximate surface area is 273 Å². The molecular weight excluding hydrogens is 646 g/mol. The van der Waals surface area contributed by atoms with E-state index in [-0.39, 0.29) is 35.6 Å². The Hall–Kier alpha value is -4.30. The molecule has 0 bridgehead atoms. The minimum absolute atomic E-state index is 0.0553. The third-order valence-corrected chi connectivity index (χ3v) is 8.56. The molecule has 2 aliphatic heterocycles. The summed E-state index contributed by atoms with van der Waals surface area (Å²) in [6.45, 7) is 1.72. The van der Waals surface area contributed by atoms with Crippen molar-refractivity contribution in [2.45, 2.75) is 43.3 Å². The molecule has 3 aromatic rings. The molecule has 0 atom stereocenters. The number of ether oxygens (including phenoxy) is 4. The van der Waals surface area contributed by atoms with Crippen LogP contribution in [0.25, 0.3) is 0 Å². The van der Waals surface area contributed by atoms with Crippen molar-refractivity contribution < 1.29 is 54.9 Å². The quantitative estimate of drug-likeness (QED) is 0.164. The molecule has 3 aromatic carbocycles. The number of imide groups is 1. The van der Waals surface area contributed by atoms with Crippen LogP contribution in [-0.4, -0.2) is 74.4 Å². The van der Waals surface area contributed by atoms with Gasteiger partial charge in [0.2, 0.25) is 0 Å². The minimum Gasteiger partial charge on any atom is -0.497 e. The molecule has 2 amide bonds. The predicted molar refractivity (Wildman–Crippen MR) is 161 cm³/mol. The van der Waals surface area contributed by atoms with Gasteiger partial charge in [0.25, 0.3) is 5.91 Å². The van der Waals surface area contributed by atoms with Crippen molar-refractivity contribution in [3.05, 3.63) is 94.5 Å². The van der Waals surface area contributed by atoms with E-state index in [0.29, 0.717) is 44.6 Å². The number of piperidine rings is 1. The van der Waals surface area contributed by atoms with Crippen molar-refractivity contribution in [1.29, 1.82) is 0 Å². The van der Waals surface area contributed by atoms with Gasteiger partial charge in [-0.2, -0.15) is 26.3 Å². The molecule has 14 heteroatoms. The first-order valence-electron chi connectivity index (χ1n) is 15.2. The van der Waals surface area contributed by atoms with Gasteiger partial charge >= 0.3 is 18.4 Å². The van der Waals surface area contributed by atoms with Crippen molar-refractivity contribution in [2.24, 2.45) is 0 Å². The predicted octanol–water partition coefficient (Wildman–Crippen LogP) is 7.36. The van der Waals surface area contributed by atoms with E-state index in [4.69, 9.17) is 18.9 Å². The zero-order valence-corrected chi connectivity index (χ0v) is 26.2. The number of hydrogen-bond donors (Lipinski definition) is 0. The van der Waals surface area contributed by atoms with Crippen LogP contribution in [0.15, 0.2) is 66.7 Å². The molecule has 1 spiro atoms. The molecule has 2 saturated heterocycles. The molecule has 0 aromatic heterocycles. The zero-order chi connectivity index (χ0) is 34.7. The average molecular weight is 681 g/mol. The van der Waals surface area contributed by atoms with Gasteiger partial charge in [-0.3, -0.25) is 4.79 Å². The summed E-state index contributed by atoms with van der Waals surface area (Å²) in [5.41, 5.74) is -2.36. The van der Waals surface area contributed by atoms with Crippen molar-refractivity contribution in [2.75, 3.05) is 47.0 Å². The van der Waals surface area contributed by atoms with Crippen molar-refractivity contribution >= 4 is 12.0 Å². The molecule has 0 N–H and O–H groups in total. The second-order valence-corrected chi connectivity index (χ2v) is 11.7. The van der Waals surface area contributed by atoms with Crippen LogP contribution in [0.1, 0.15) is 58.0 Å². The third-order valence-electron chi connectivity index (χ3n) is 8.56. The molecule has 2 fully saturated rings. The fourth-order valence-electron chi connectivity index (χ4n) is 5.98. The molecule has 5 rings (SSSR count). The summed E-state index contributed by atoms with van der Waals surface area (Å²) < 4.78 is 103. The molecule has 48 heavy (non-hydrogen) atoms. The minimum atomic E-state index is -4.64. The number of hydrogen-bond acceptors (Lipinski definition) is 7. The Morgan fingerprint density at radius 3 is 2.02 bits per heavy atom. The van der Waals surface area contributed by atoms with E-state index in [2.05, 4.69) is 4.90 Å². The van der Waals surface area contributed by atoms with Gasteiger partial charge in [-0.05, 0) is 53.9 Å². The first kappa shape index (κ1) is 35.0. The number of halogens is 6. The first-order chi connectivity index (χ1) is 22.7. The highest BCUT2D eigenvalue weighted by Crippen LogP contribution is 2.38. The standard InChI is InChI=1S/C34H34F6N2O6/c1-45-26-10-11-27(28(20-26)46-2)30(43)42-21-32(48-31(42)44)12-15-41(16-13-32)14-5-17-47-29(22-6-3-8-24(18-22)33(35,36)37)23-7-4-9-25(19-23)34(38,39)40/h3-4,6-11,18-20,29H,5,12-17,21H2,1-2H3. The summed E-state index contributed by atoms with van der Waals surface area (Å²) >= 11 is 0. The van der Waals surface area contributed by atoms with E-state index in [9.17, 15) is 35.9 Å². The highest BCUT2D eigenvalue weighted by atomic mass is 19.4. The highest BCUT2D eigenvalue weighted by molar-refractivity contribution is 6.05. The monoisotopic (exact) mass is 680 g/mol. The summed E-state index contributed by atoms with van der Waals surface area (Å²) in [4.78, 5) is 29.2. The van der Waals surface area contributed by atoms with Crippen LogP contribution >= 0.6 is 0 Å². The van der Waals surface area contributed by atoms with Crippen LogP contribution in [-0.2, 0) is 21.8 Å². The Balaban J connectivity index is 1.19. The molecule has 8 nitrogen and oxygen atoms in total. The van der Waals surface area contributed by atoms with E-state index in [1.54, 1.807) is 12.1 Å². The number of rotatable bonds is 10. The Kier molecular flexibility index (Phi) is 10.2. The van der Waals surface area contributed by atoms with E-state index in [1.165, 1.54) is 44.6 Å². The fraction of sp³-hybridized carbons (Fsp3) is 0.412. The zero-order valence-electron chi connectivity index (χ0n) is 26.2. The lowest BCUT2D eigenvalue weighted by Crippen LogP contribution is -2.47. The Morgan fingerprint density at radius 2 is 1.48 bits per heavy atom. The second kappa shape index (κ2) is 14.0. The van der Waals surface area contributed by atoms with Crippen LogP contribution < -0.4 is 9.47 Å². The van der Waals surface area contributed by atoms with Gasteiger partial charge in [-0.1, -0.05) is 24.3 Å². The largest absolute Gasteiger partial charge is 0.497 e. The van der Waals surface area contributed by atoms with Crippen LogP contribution in [0.5, 0.6) is 11.5 Å². The molecular formula is C34H34F6N2O6. The van der Waals surface area contributed by atoms with Gasteiger partial charge in [0.05, 0.1) is 37.5 Å². The number of amides is 2. The molecule has 2 aliphatic rings. The van der Waals surface area contributed by atoms with Crippen molar-refractivity contribution in [1.82, 2.24) is 9.80 Å². The van der Waals surface area contributed by atoms with Crippen LogP contribution in [0, 0.1) is 0 Å². The topological polar surface area (TPSA) is 77.5 Å². The number of alkyl halides is 6. The number of carbonyl (C=O) groups is 2. The van der Waals surface area contributed by atoms with Gasteiger partial charge in [0, 0.05) is 45.1 Å². The van der Waals surface area contributed by atoms with E-state index in [0.717, 1.165) is 29.2 Å². The Morgan fingerprint density at radius 1 is 0.875 bits per heavy atom. The Bertz CT molecular complexity index is 1560. The highest BCUT2D eigenvalue weighted by Gasteiger charge is 2.49. The third kappa shape index (κ3) is 7.87. The summed E-state index contributed by atoms with van der Waals surface area (Å²) in [5.74, 6) is 0.198. The van der Waals surface area contributed by atoms with Gasteiger partial charge in [0.1, 0.15) is 23.2 Å². The maximum absolute atomic E-state index is 13.4. The van der Waals surface area contributed by atoms with Gasteiger partial charge in [-0.25, -0.2) is 9.69 Å². The molecule has 258 valence electrons. The summed E-state index contributed by atoms with van der Waals surface area (Å²) in [7, 11) is 2.89. The van der Waals surface area contributed by atoms with Crippen molar-refractivity contribution in [3.63, 3.8) is 0 Å². The number of methoxy groups -OCH3 is 2. The lowest BCUT2D eigenvalue weighted by molar-refractivity contribution is -0.138. The lowest BCUT2D eigenvalue weighted by Gasteiger charge is -2.37. The summed E-state index contributed by atoms with van der Waals surface area (Å²) in [6.07, 6.45) is -9.83. The summed E-state index contributed by atoms with van der Waals surface area (Å²) in [6, 6.07) is 13.4. The molecule has 0 unspecified atom stereocenters.